The van der Waals surface area contributed by atoms with Gasteiger partial charge in [0.1, 0.15) is 5.75 Å². The molecule has 0 aromatic carbocycles. The third-order valence-electron chi connectivity index (χ3n) is 2.83. The van der Waals surface area contributed by atoms with Gasteiger partial charge in [-0.05, 0) is 38.9 Å². The van der Waals surface area contributed by atoms with Gasteiger partial charge >= 0.3 is 0 Å². The van der Waals surface area contributed by atoms with Gasteiger partial charge in [0.25, 0.3) is 5.91 Å². The predicted molar refractivity (Wildman–Crippen MR) is 75.1 cm³/mol. The van der Waals surface area contributed by atoms with Gasteiger partial charge in [0.2, 0.25) is 0 Å². The Morgan fingerprint density at radius 1 is 1.53 bits per heavy atom. The van der Waals surface area contributed by atoms with E-state index >= 15 is 0 Å². The maximum atomic E-state index is 11.6. The van der Waals surface area contributed by atoms with Crippen LogP contribution in [0.1, 0.15) is 31.7 Å². The van der Waals surface area contributed by atoms with E-state index in [1.54, 1.807) is 0 Å². The number of carbonyl (C=O) groups excluding carboxylic acids is 1. The van der Waals surface area contributed by atoms with E-state index in [0.717, 1.165) is 17.8 Å². The van der Waals surface area contributed by atoms with Crippen molar-refractivity contribution in [1.29, 1.82) is 0 Å². The van der Waals surface area contributed by atoms with Crippen LogP contribution < -0.4 is 15.8 Å². The van der Waals surface area contributed by atoms with Gasteiger partial charge in [-0.3, -0.25) is 9.78 Å². The highest BCUT2D eigenvalue weighted by Gasteiger charge is 2.09. The molecular weight excluding hydrogens is 242 g/mol. The molecule has 0 fully saturated rings. The van der Waals surface area contributed by atoms with Crippen LogP contribution in [0.4, 0.5) is 0 Å². The molecule has 5 nitrogen and oxygen atoms in total. The molecule has 0 aliphatic carbocycles. The fourth-order valence-corrected chi connectivity index (χ4v) is 1.61. The minimum Gasteiger partial charge on any atom is -0.482 e. The third-order valence-corrected chi connectivity index (χ3v) is 2.83. The second-order valence-electron chi connectivity index (χ2n) is 4.60. The number of ether oxygens (including phenoxy) is 1. The molecule has 1 amide bonds. The molecule has 1 unspecified atom stereocenters. The Kier molecular flexibility index (Phi) is 6.29. The van der Waals surface area contributed by atoms with Gasteiger partial charge in [-0.2, -0.15) is 0 Å². The number of amides is 1. The van der Waals surface area contributed by atoms with Crippen molar-refractivity contribution < 1.29 is 9.53 Å². The van der Waals surface area contributed by atoms with Gasteiger partial charge < -0.3 is 15.8 Å². The Balaban J connectivity index is 2.59. The molecule has 3 N–H and O–H groups in total. The highest BCUT2D eigenvalue weighted by atomic mass is 16.5. The third kappa shape index (κ3) is 5.26. The summed E-state index contributed by atoms with van der Waals surface area (Å²) in [4.78, 5) is 16.0. The SMILES string of the molecule is CCC(C)NC(=O)COc1ccc(C)nc1CCN. The van der Waals surface area contributed by atoms with E-state index in [9.17, 15) is 4.79 Å². The van der Waals surface area contributed by atoms with Crippen molar-refractivity contribution in [1.82, 2.24) is 10.3 Å². The van der Waals surface area contributed by atoms with Gasteiger partial charge in [0, 0.05) is 18.2 Å². The monoisotopic (exact) mass is 265 g/mol. The summed E-state index contributed by atoms with van der Waals surface area (Å²) in [5.41, 5.74) is 7.27. The van der Waals surface area contributed by atoms with E-state index in [2.05, 4.69) is 10.3 Å². The lowest BCUT2D eigenvalue weighted by Gasteiger charge is -2.13. The number of aryl methyl sites for hydroxylation is 1. The molecule has 1 heterocycles. The number of nitrogens with one attached hydrogen (secondary N) is 1. The van der Waals surface area contributed by atoms with Crippen molar-refractivity contribution in [2.75, 3.05) is 13.2 Å². The molecule has 0 aliphatic heterocycles. The molecular formula is C14H23N3O2. The van der Waals surface area contributed by atoms with Crippen LogP contribution in [0, 0.1) is 6.92 Å². The normalized spacial score (nSPS) is 12.0. The number of rotatable bonds is 7. The molecule has 106 valence electrons. The van der Waals surface area contributed by atoms with Crippen molar-refractivity contribution in [3.63, 3.8) is 0 Å². The van der Waals surface area contributed by atoms with Crippen LogP contribution in [0.15, 0.2) is 12.1 Å². The standard InChI is InChI=1S/C14H23N3O2/c1-4-10(2)17-14(18)9-19-13-6-5-11(3)16-12(13)7-8-15/h5-6,10H,4,7-9,15H2,1-3H3,(H,17,18). The molecule has 0 bridgehead atoms. The molecule has 1 aromatic rings. The van der Waals surface area contributed by atoms with Gasteiger partial charge in [0.05, 0.1) is 5.69 Å². The van der Waals surface area contributed by atoms with Crippen molar-refractivity contribution in [2.24, 2.45) is 5.73 Å². The van der Waals surface area contributed by atoms with Gasteiger partial charge in [-0.1, -0.05) is 6.92 Å². The highest BCUT2D eigenvalue weighted by Crippen LogP contribution is 2.17. The summed E-state index contributed by atoms with van der Waals surface area (Å²) < 4.78 is 5.52. The van der Waals surface area contributed by atoms with Crippen molar-refractivity contribution in [3.05, 3.63) is 23.5 Å². The van der Waals surface area contributed by atoms with Crippen LogP contribution in [-0.2, 0) is 11.2 Å². The fraction of sp³-hybridized carbons (Fsp3) is 0.571. The minimum atomic E-state index is -0.117. The molecule has 1 aromatic heterocycles. The lowest BCUT2D eigenvalue weighted by molar-refractivity contribution is -0.123. The molecule has 0 saturated carbocycles. The van der Waals surface area contributed by atoms with Crippen molar-refractivity contribution in [2.45, 2.75) is 39.7 Å². The van der Waals surface area contributed by atoms with E-state index in [0.29, 0.717) is 18.7 Å². The molecule has 5 heteroatoms. The first kappa shape index (κ1) is 15.4. The summed E-state index contributed by atoms with van der Waals surface area (Å²) in [5.74, 6) is 0.518. The van der Waals surface area contributed by atoms with Crippen molar-refractivity contribution in [3.8, 4) is 5.75 Å². The molecule has 1 rings (SSSR count). The number of pyridine rings is 1. The van der Waals surface area contributed by atoms with E-state index < -0.39 is 0 Å². The van der Waals surface area contributed by atoms with E-state index in [1.807, 2.05) is 32.9 Å². The predicted octanol–water partition coefficient (Wildman–Crippen LogP) is 1.18. The number of carbonyl (C=O) groups is 1. The quantitative estimate of drug-likeness (QED) is 0.776. The summed E-state index contributed by atoms with van der Waals surface area (Å²) in [5, 5.41) is 2.85. The van der Waals surface area contributed by atoms with Crippen LogP contribution in [-0.4, -0.2) is 30.1 Å². The number of nitrogens with zero attached hydrogens (tertiary/aromatic N) is 1. The molecule has 1 atom stereocenters. The summed E-state index contributed by atoms with van der Waals surface area (Å²) in [6, 6.07) is 3.86. The topological polar surface area (TPSA) is 77.2 Å². The Morgan fingerprint density at radius 3 is 2.89 bits per heavy atom. The Hall–Kier alpha value is -1.62. The van der Waals surface area contributed by atoms with Gasteiger partial charge in [0.15, 0.2) is 6.61 Å². The largest absolute Gasteiger partial charge is 0.482 e. The number of aromatic nitrogens is 1. The summed E-state index contributed by atoms with van der Waals surface area (Å²) in [6.07, 6.45) is 1.54. The maximum Gasteiger partial charge on any atom is 0.258 e. The first-order valence-corrected chi connectivity index (χ1v) is 6.65. The average molecular weight is 265 g/mol. The zero-order chi connectivity index (χ0) is 14.3. The second-order valence-corrected chi connectivity index (χ2v) is 4.60. The van der Waals surface area contributed by atoms with E-state index in [-0.39, 0.29) is 18.6 Å². The maximum absolute atomic E-state index is 11.6. The lowest BCUT2D eigenvalue weighted by Crippen LogP contribution is -2.35. The summed E-state index contributed by atoms with van der Waals surface area (Å²) in [6.45, 7) is 6.41. The first-order valence-electron chi connectivity index (χ1n) is 6.65. The van der Waals surface area contributed by atoms with Crippen LogP contribution in [0.2, 0.25) is 0 Å². The Labute approximate surface area is 114 Å². The van der Waals surface area contributed by atoms with E-state index in [4.69, 9.17) is 10.5 Å². The molecule has 0 saturated heterocycles. The molecule has 0 aliphatic rings. The van der Waals surface area contributed by atoms with Gasteiger partial charge in [-0.25, -0.2) is 0 Å². The highest BCUT2D eigenvalue weighted by molar-refractivity contribution is 5.77. The molecule has 0 radical (unpaired) electrons. The van der Waals surface area contributed by atoms with Crippen LogP contribution in [0.25, 0.3) is 0 Å². The van der Waals surface area contributed by atoms with Gasteiger partial charge in [-0.15, -0.1) is 0 Å². The fourth-order valence-electron chi connectivity index (χ4n) is 1.61. The average Bonchev–Trinajstić information content (AvgIpc) is 2.38. The zero-order valence-corrected chi connectivity index (χ0v) is 11.9. The van der Waals surface area contributed by atoms with Crippen LogP contribution >= 0.6 is 0 Å². The molecule has 0 spiro atoms. The van der Waals surface area contributed by atoms with E-state index in [1.165, 1.54) is 0 Å². The first-order chi connectivity index (χ1) is 9.06. The van der Waals surface area contributed by atoms with Crippen molar-refractivity contribution >= 4 is 5.91 Å². The lowest BCUT2D eigenvalue weighted by atomic mass is 10.2. The molecule has 19 heavy (non-hydrogen) atoms. The minimum absolute atomic E-state index is 0.00660. The number of nitrogens with two attached hydrogens (primary N) is 1. The van der Waals surface area contributed by atoms with Crippen LogP contribution in [0.3, 0.4) is 0 Å². The smallest absolute Gasteiger partial charge is 0.258 e. The number of hydrogen-bond acceptors (Lipinski definition) is 4. The zero-order valence-electron chi connectivity index (χ0n) is 11.9. The number of hydrogen-bond donors (Lipinski definition) is 2. The summed E-state index contributed by atoms with van der Waals surface area (Å²) >= 11 is 0. The summed E-state index contributed by atoms with van der Waals surface area (Å²) in [7, 11) is 0. The Bertz CT molecular complexity index is 421. The Morgan fingerprint density at radius 2 is 2.26 bits per heavy atom. The second kappa shape index (κ2) is 7.74. The van der Waals surface area contributed by atoms with Crippen LogP contribution in [0.5, 0.6) is 5.75 Å².